The molecule has 1 N–H and O–H groups in total. The maximum Gasteiger partial charge on any atom is 0.244 e. The molecule has 0 fully saturated rings. The molecule has 0 aliphatic rings. The van der Waals surface area contributed by atoms with Crippen molar-refractivity contribution in [3.63, 3.8) is 0 Å². The number of nitriles is 1. The van der Waals surface area contributed by atoms with Crippen molar-refractivity contribution in [2.45, 2.75) is 13.8 Å². The summed E-state index contributed by atoms with van der Waals surface area (Å²) in [6.07, 6.45) is 0. The molecule has 0 aromatic heterocycles. The monoisotopic (exact) mass is 307 g/mol. The Morgan fingerprint density at radius 2 is 1.87 bits per heavy atom. The number of hydrogen-bond acceptors (Lipinski definition) is 3. The predicted molar refractivity (Wildman–Crippen MR) is 89.0 cm³/mol. The Morgan fingerprint density at radius 1 is 1.17 bits per heavy atom. The molecular formula is C18H17N3O2. The number of amides is 2. The van der Waals surface area contributed by atoms with Gasteiger partial charge in [0.05, 0.1) is 11.6 Å². The van der Waals surface area contributed by atoms with E-state index < -0.39 is 0 Å². The topological polar surface area (TPSA) is 73.2 Å². The van der Waals surface area contributed by atoms with Gasteiger partial charge < -0.3 is 10.2 Å². The smallest absolute Gasteiger partial charge is 0.244 e. The summed E-state index contributed by atoms with van der Waals surface area (Å²) in [5, 5.41) is 11.5. The Kier molecular flexibility index (Phi) is 5.11. The molecule has 2 aromatic carbocycles. The largest absolute Gasteiger partial charge is 0.325 e. The van der Waals surface area contributed by atoms with Gasteiger partial charge in [-0.15, -0.1) is 0 Å². The van der Waals surface area contributed by atoms with E-state index in [0.717, 1.165) is 5.56 Å². The summed E-state index contributed by atoms with van der Waals surface area (Å²) in [5.74, 6) is -0.503. The van der Waals surface area contributed by atoms with E-state index in [-0.39, 0.29) is 18.4 Å². The van der Waals surface area contributed by atoms with Crippen molar-refractivity contribution in [1.29, 1.82) is 5.26 Å². The van der Waals surface area contributed by atoms with E-state index in [9.17, 15) is 9.59 Å². The van der Waals surface area contributed by atoms with Crippen molar-refractivity contribution < 1.29 is 9.59 Å². The lowest BCUT2D eigenvalue weighted by atomic mass is 10.2. The molecule has 5 nitrogen and oxygen atoms in total. The number of nitrogens with one attached hydrogen (secondary N) is 1. The van der Waals surface area contributed by atoms with Crippen molar-refractivity contribution in [2.24, 2.45) is 0 Å². The summed E-state index contributed by atoms with van der Waals surface area (Å²) >= 11 is 0. The van der Waals surface area contributed by atoms with E-state index in [4.69, 9.17) is 5.26 Å². The van der Waals surface area contributed by atoms with Gasteiger partial charge in [0, 0.05) is 18.3 Å². The van der Waals surface area contributed by atoms with Gasteiger partial charge in [-0.05, 0) is 48.9 Å². The highest BCUT2D eigenvalue weighted by Gasteiger charge is 2.16. The number of benzene rings is 2. The van der Waals surface area contributed by atoms with Gasteiger partial charge in [-0.1, -0.05) is 12.1 Å². The molecule has 2 aromatic rings. The van der Waals surface area contributed by atoms with Crippen molar-refractivity contribution in [3.8, 4) is 6.07 Å². The van der Waals surface area contributed by atoms with Gasteiger partial charge in [0.2, 0.25) is 11.8 Å². The summed E-state index contributed by atoms with van der Waals surface area (Å²) < 4.78 is 0. The summed E-state index contributed by atoms with van der Waals surface area (Å²) in [5.41, 5.74) is 2.81. The van der Waals surface area contributed by atoms with Crippen molar-refractivity contribution >= 4 is 23.2 Å². The predicted octanol–water partition coefficient (Wildman–Crippen LogP) is 2.86. The minimum absolute atomic E-state index is 0.0706. The molecule has 5 heteroatoms. The molecule has 0 atom stereocenters. The van der Waals surface area contributed by atoms with Crippen LogP contribution in [0.4, 0.5) is 11.4 Å². The molecule has 0 bridgehead atoms. The van der Waals surface area contributed by atoms with Crippen LogP contribution in [-0.4, -0.2) is 18.4 Å². The van der Waals surface area contributed by atoms with Crippen LogP contribution in [-0.2, 0) is 9.59 Å². The van der Waals surface area contributed by atoms with Crippen molar-refractivity contribution in [2.75, 3.05) is 16.8 Å². The lowest BCUT2D eigenvalue weighted by Gasteiger charge is -2.21. The molecule has 2 rings (SSSR count). The van der Waals surface area contributed by atoms with Crippen LogP contribution in [0.3, 0.4) is 0 Å². The van der Waals surface area contributed by atoms with E-state index in [0.29, 0.717) is 16.9 Å². The highest BCUT2D eigenvalue weighted by molar-refractivity contribution is 6.01. The standard InChI is InChI=1S/C18H17N3O2/c1-13-4-3-5-17(10-13)21(14(2)22)12-18(23)20-16-8-6-15(11-19)7-9-16/h3-10H,12H2,1-2H3,(H,20,23). The Labute approximate surface area is 135 Å². The summed E-state index contributed by atoms with van der Waals surface area (Å²) in [7, 11) is 0. The molecule has 0 saturated heterocycles. The fourth-order valence-corrected chi connectivity index (χ4v) is 2.15. The van der Waals surface area contributed by atoms with E-state index in [1.807, 2.05) is 31.2 Å². The highest BCUT2D eigenvalue weighted by Crippen LogP contribution is 2.16. The average Bonchev–Trinajstić information content (AvgIpc) is 2.53. The van der Waals surface area contributed by atoms with Crippen LogP contribution in [0.25, 0.3) is 0 Å². The molecule has 0 aliphatic carbocycles. The molecule has 116 valence electrons. The van der Waals surface area contributed by atoms with Crippen LogP contribution in [0.1, 0.15) is 18.1 Å². The lowest BCUT2D eigenvalue weighted by Crippen LogP contribution is -2.36. The number of anilines is 2. The molecule has 23 heavy (non-hydrogen) atoms. The second-order valence-corrected chi connectivity index (χ2v) is 5.18. The Bertz CT molecular complexity index is 761. The molecule has 0 radical (unpaired) electrons. The SMILES string of the molecule is CC(=O)N(CC(=O)Nc1ccc(C#N)cc1)c1cccc(C)c1. The number of nitrogens with zero attached hydrogens (tertiary/aromatic N) is 2. The number of hydrogen-bond donors (Lipinski definition) is 1. The Morgan fingerprint density at radius 3 is 2.43 bits per heavy atom. The average molecular weight is 307 g/mol. The first-order valence-electron chi connectivity index (χ1n) is 7.14. The Hall–Kier alpha value is -3.13. The maximum atomic E-state index is 12.2. The van der Waals surface area contributed by atoms with Crippen LogP contribution in [0.5, 0.6) is 0 Å². The number of rotatable bonds is 4. The van der Waals surface area contributed by atoms with E-state index in [1.54, 1.807) is 30.3 Å². The van der Waals surface area contributed by atoms with Crippen LogP contribution < -0.4 is 10.2 Å². The lowest BCUT2D eigenvalue weighted by molar-refractivity contribution is -0.120. The van der Waals surface area contributed by atoms with Crippen molar-refractivity contribution in [1.82, 2.24) is 0 Å². The zero-order valence-electron chi connectivity index (χ0n) is 13.0. The zero-order chi connectivity index (χ0) is 16.8. The van der Waals surface area contributed by atoms with Gasteiger partial charge in [0.25, 0.3) is 0 Å². The van der Waals surface area contributed by atoms with Crippen LogP contribution in [0.2, 0.25) is 0 Å². The molecule has 2 amide bonds. The normalized spacial score (nSPS) is 9.78. The van der Waals surface area contributed by atoms with Gasteiger partial charge in [-0.2, -0.15) is 5.26 Å². The van der Waals surface area contributed by atoms with Gasteiger partial charge in [0.1, 0.15) is 6.54 Å². The second-order valence-electron chi connectivity index (χ2n) is 5.18. The molecule has 0 aliphatic heterocycles. The maximum absolute atomic E-state index is 12.2. The molecular weight excluding hydrogens is 290 g/mol. The minimum Gasteiger partial charge on any atom is -0.325 e. The minimum atomic E-state index is -0.300. The number of carbonyl (C=O) groups is 2. The zero-order valence-corrected chi connectivity index (χ0v) is 13.0. The highest BCUT2D eigenvalue weighted by atomic mass is 16.2. The Balaban J connectivity index is 2.09. The number of carbonyl (C=O) groups excluding carboxylic acids is 2. The molecule has 0 saturated carbocycles. The molecule has 0 unspecified atom stereocenters. The van der Waals surface area contributed by atoms with E-state index >= 15 is 0 Å². The summed E-state index contributed by atoms with van der Waals surface area (Å²) in [6, 6.07) is 16.0. The second kappa shape index (κ2) is 7.23. The van der Waals surface area contributed by atoms with Crippen LogP contribution >= 0.6 is 0 Å². The van der Waals surface area contributed by atoms with E-state index in [2.05, 4.69) is 5.32 Å². The van der Waals surface area contributed by atoms with Gasteiger partial charge >= 0.3 is 0 Å². The fraction of sp³-hybridized carbons (Fsp3) is 0.167. The first-order valence-corrected chi connectivity index (χ1v) is 7.14. The summed E-state index contributed by atoms with van der Waals surface area (Å²) in [4.78, 5) is 25.4. The molecule has 0 heterocycles. The quantitative estimate of drug-likeness (QED) is 0.944. The molecule has 0 spiro atoms. The van der Waals surface area contributed by atoms with Gasteiger partial charge in [-0.25, -0.2) is 0 Å². The van der Waals surface area contributed by atoms with E-state index in [1.165, 1.54) is 11.8 Å². The van der Waals surface area contributed by atoms with Gasteiger partial charge in [-0.3, -0.25) is 9.59 Å². The third kappa shape index (κ3) is 4.42. The van der Waals surface area contributed by atoms with Crippen molar-refractivity contribution in [3.05, 3.63) is 59.7 Å². The number of aryl methyl sites for hydroxylation is 1. The third-order valence-electron chi connectivity index (χ3n) is 3.29. The van der Waals surface area contributed by atoms with Gasteiger partial charge in [0.15, 0.2) is 0 Å². The van der Waals surface area contributed by atoms with Crippen LogP contribution in [0.15, 0.2) is 48.5 Å². The fourth-order valence-electron chi connectivity index (χ4n) is 2.15. The first kappa shape index (κ1) is 16.2. The van der Waals surface area contributed by atoms with Crippen LogP contribution in [0, 0.1) is 18.3 Å². The summed E-state index contributed by atoms with van der Waals surface area (Å²) in [6.45, 7) is 3.29. The first-order chi connectivity index (χ1) is 11.0. The third-order valence-corrected chi connectivity index (χ3v) is 3.29.